The third-order valence-corrected chi connectivity index (χ3v) is 3.31. The van der Waals surface area contributed by atoms with Crippen LogP contribution in [0, 0.1) is 17.1 Å². The van der Waals surface area contributed by atoms with Crippen molar-refractivity contribution < 1.29 is 14.2 Å². The number of ether oxygens (including phenoxy) is 1. The second-order valence-electron chi connectivity index (χ2n) is 4.36. The third-order valence-electron chi connectivity index (χ3n) is 3.31. The molecule has 1 aliphatic rings. The van der Waals surface area contributed by atoms with Gasteiger partial charge in [0.05, 0.1) is 30.0 Å². The van der Waals surface area contributed by atoms with Crippen molar-refractivity contribution in [3.8, 4) is 6.07 Å². The number of nitriles is 1. The number of rotatable bonds is 3. The fraction of sp³-hybridized carbons (Fsp3) is 0.462. The Kier molecular flexibility index (Phi) is 3.80. The van der Waals surface area contributed by atoms with Crippen LogP contribution in [0.2, 0.25) is 0 Å². The van der Waals surface area contributed by atoms with Crippen molar-refractivity contribution >= 4 is 5.69 Å². The van der Waals surface area contributed by atoms with Crippen LogP contribution in [0.4, 0.5) is 10.1 Å². The second-order valence-corrected chi connectivity index (χ2v) is 4.36. The van der Waals surface area contributed by atoms with Crippen molar-refractivity contribution in [3.05, 3.63) is 29.6 Å². The average molecular weight is 250 g/mol. The van der Waals surface area contributed by atoms with E-state index in [2.05, 4.69) is 0 Å². The summed E-state index contributed by atoms with van der Waals surface area (Å²) in [6.45, 7) is 0.587. The Labute approximate surface area is 105 Å². The molecule has 2 atom stereocenters. The van der Waals surface area contributed by atoms with Crippen molar-refractivity contribution in [1.29, 1.82) is 5.26 Å². The first-order chi connectivity index (χ1) is 8.69. The molecule has 0 aromatic heterocycles. The average Bonchev–Trinajstić information content (AvgIpc) is 2.81. The first kappa shape index (κ1) is 12.8. The molecule has 0 saturated carbocycles. The van der Waals surface area contributed by atoms with E-state index >= 15 is 0 Å². The highest BCUT2D eigenvalue weighted by atomic mass is 19.1. The summed E-state index contributed by atoms with van der Waals surface area (Å²) in [6.07, 6.45) is 0.730. The van der Waals surface area contributed by atoms with Crippen LogP contribution in [0.25, 0.3) is 0 Å². The van der Waals surface area contributed by atoms with Gasteiger partial charge in [0.15, 0.2) is 0 Å². The van der Waals surface area contributed by atoms with E-state index < -0.39 is 5.82 Å². The van der Waals surface area contributed by atoms with Gasteiger partial charge in [-0.05, 0) is 24.6 Å². The molecule has 5 heteroatoms. The van der Waals surface area contributed by atoms with Crippen LogP contribution in [0.1, 0.15) is 12.0 Å². The zero-order valence-electron chi connectivity index (χ0n) is 10.1. The van der Waals surface area contributed by atoms with Gasteiger partial charge in [-0.3, -0.25) is 0 Å². The van der Waals surface area contributed by atoms with E-state index in [1.165, 1.54) is 12.1 Å². The van der Waals surface area contributed by atoms with Gasteiger partial charge >= 0.3 is 0 Å². The maximum absolute atomic E-state index is 13.1. The van der Waals surface area contributed by atoms with Gasteiger partial charge < -0.3 is 14.7 Å². The fourth-order valence-corrected chi connectivity index (χ4v) is 2.36. The van der Waals surface area contributed by atoms with Crippen LogP contribution in [-0.2, 0) is 4.74 Å². The third kappa shape index (κ3) is 2.30. The number of anilines is 1. The van der Waals surface area contributed by atoms with Crippen molar-refractivity contribution in [1.82, 2.24) is 0 Å². The van der Waals surface area contributed by atoms with E-state index in [1.54, 1.807) is 13.2 Å². The van der Waals surface area contributed by atoms with E-state index in [4.69, 9.17) is 10.00 Å². The van der Waals surface area contributed by atoms with Gasteiger partial charge in [0.2, 0.25) is 0 Å². The summed E-state index contributed by atoms with van der Waals surface area (Å²) in [5.74, 6) is -0.432. The number of hydrogen-bond donors (Lipinski definition) is 1. The lowest BCUT2D eigenvalue weighted by molar-refractivity contribution is 0.115. The Hall–Kier alpha value is -1.64. The highest BCUT2D eigenvalue weighted by molar-refractivity contribution is 5.60. The lowest BCUT2D eigenvalue weighted by atomic mass is 10.1. The van der Waals surface area contributed by atoms with Gasteiger partial charge in [-0.2, -0.15) is 5.26 Å². The molecule has 96 valence electrons. The van der Waals surface area contributed by atoms with E-state index in [0.717, 1.165) is 0 Å². The zero-order chi connectivity index (χ0) is 13.1. The van der Waals surface area contributed by atoms with Crippen molar-refractivity contribution in [2.45, 2.75) is 18.6 Å². The second kappa shape index (κ2) is 5.34. The molecule has 1 aromatic rings. The van der Waals surface area contributed by atoms with Gasteiger partial charge in [-0.1, -0.05) is 0 Å². The molecule has 1 heterocycles. The van der Waals surface area contributed by atoms with Crippen LogP contribution in [0.15, 0.2) is 18.2 Å². The van der Waals surface area contributed by atoms with Crippen LogP contribution in [-0.4, -0.2) is 37.5 Å². The summed E-state index contributed by atoms with van der Waals surface area (Å²) in [5, 5.41) is 18.4. The Balaban J connectivity index is 2.33. The first-order valence-electron chi connectivity index (χ1n) is 5.79. The molecule has 1 fully saturated rings. The Morgan fingerprint density at radius 1 is 1.61 bits per heavy atom. The van der Waals surface area contributed by atoms with Gasteiger partial charge in [-0.25, -0.2) is 4.39 Å². The van der Waals surface area contributed by atoms with Crippen LogP contribution < -0.4 is 4.90 Å². The molecule has 0 bridgehead atoms. The smallest absolute Gasteiger partial charge is 0.124 e. The molecular weight excluding hydrogens is 235 g/mol. The normalized spacial score (nSPS) is 23.1. The number of aliphatic hydroxyl groups is 1. The number of hydrogen-bond acceptors (Lipinski definition) is 4. The molecule has 0 unspecified atom stereocenters. The number of halogens is 1. The van der Waals surface area contributed by atoms with E-state index in [-0.39, 0.29) is 24.3 Å². The minimum absolute atomic E-state index is 0.0118. The molecule has 18 heavy (non-hydrogen) atoms. The number of benzene rings is 1. The summed E-state index contributed by atoms with van der Waals surface area (Å²) in [7, 11) is 1.62. The molecule has 0 amide bonds. The maximum atomic E-state index is 13.1. The minimum atomic E-state index is -0.432. The minimum Gasteiger partial charge on any atom is -0.394 e. The largest absolute Gasteiger partial charge is 0.394 e. The van der Waals surface area contributed by atoms with Crippen molar-refractivity contribution in [2.24, 2.45) is 0 Å². The molecule has 1 saturated heterocycles. The summed E-state index contributed by atoms with van der Waals surface area (Å²) >= 11 is 0. The SMILES string of the molecule is CO[C@H]1C[C@@H](CO)N(c2ccc(F)cc2C#N)C1. The molecule has 2 rings (SSSR count). The monoisotopic (exact) mass is 250 g/mol. The summed E-state index contributed by atoms with van der Waals surface area (Å²) in [5.41, 5.74) is 0.933. The molecule has 0 aliphatic carbocycles. The molecule has 1 aliphatic heterocycles. The van der Waals surface area contributed by atoms with Crippen LogP contribution in [0.3, 0.4) is 0 Å². The van der Waals surface area contributed by atoms with Crippen molar-refractivity contribution in [3.63, 3.8) is 0 Å². The maximum Gasteiger partial charge on any atom is 0.124 e. The van der Waals surface area contributed by atoms with E-state index in [0.29, 0.717) is 18.7 Å². The molecule has 4 nitrogen and oxygen atoms in total. The quantitative estimate of drug-likeness (QED) is 0.878. The lowest BCUT2D eigenvalue weighted by Gasteiger charge is -2.25. The molecule has 0 radical (unpaired) electrons. The van der Waals surface area contributed by atoms with E-state index in [9.17, 15) is 9.50 Å². The molecule has 0 spiro atoms. The van der Waals surface area contributed by atoms with Gasteiger partial charge in [-0.15, -0.1) is 0 Å². The summed E-state index contributed by atoms with van der Waals surface area (Å²) in [6, 6.07) is 6.01. The standard InChI is InChI=1S/C13H15FN2O2/c1-18-12-5-11(8-17)16(7-12)13-3-2-10(14)4-9(13)6-15/h2-4,11-12,17H,5,7-8H2,1H3/t11-,12-/m0/s1. The predicted octanol–water partition coefficient (Wildman–Crippen LogP) is 1.28. The van der Waals surface area contributed by atoms with Gasteiger partial charge in [0, 0.05) is 13.7 Å². The molecular formula is C13H15FN2O2. The summed E-state index contributed by atoms with van der Waals surface area (Å²) in [4.78, 5) is 1.91. The zero-order valence-corrected chi connectivity index (χ0v) is 10.1. The highest BCUT2D eigenvalue weighted by Gasteiger charge is 2.32. The fourth-order valence-electron chi connectivity index (χ4n) is 2.36. The van der Waals surface area contributed by atoms with E-state index in [1.807, 2.05) is 11.0 Å². The van der Waals surface area contributed by atoms with Gasteiger partial charge in [0.25, 0.3) is 0 Å². The Bertz CT molecular complexity index is 473. The van der Waals surface area contributed by atoms with Gasteiger partial charge in [0.1, 0.15) is 11.9 Å². The highest BCUT2D eigenvalue weighted by Crippen LogP contribution is 2.29. The Morgan fingerprint density at radius 2 is 2.39 bits per heavy atom. The van der Waals surface area contributed by atoms with Crippen LogP contribution in [0.5, 0.6) is 0 Å². The predicted molar refractivity (Wildman–Crippen MR) is 64.7 cm³/mol. The molecule has 1 aromatic carbocycles. The van der Waals surface area contributed by atoms with Crippen LogP contribution >= 0.6 is 0 Å². The lowest BCUT2D eigenvalue weighted by Crippen LogP contribution is -2.33. The number of methoxy groups -OCH3 is 1. The Morgan fingerprint density at radius 3 is 3.00 bits per heavy atom. The number of aliphatic hydroxyl groups excluding tert-OH is 1. The topological polar surface area (TPSA) is 56.5 Å². The first-order valence-corrected chi connectivity index (χ1v) is 5.79. The number of nitrogens with zero attached hydrogens (tertiary/aromatic N) is 2. The summed E-state index contributed by atoms with van der Waals surface area (Å²) < 4.78 is 18.4. The molecule has 1 N–H and O–H groups in total. The van der Waals surface area contributed by atoms with Crippen molar-refractivity contribution in [2.75, 3.05) is 25.2 Å².